The van der Waals surface area contributed by atoms with Gasteiger partial charge in [0.1, 0.15) is 18.2 Å². The van der Waals surface area contributed by atoms with Crippen molar-refractivity contribution in [3.8, 4) is 5.75 Å². The lowest BCUT2D eigenvalue weighted by atomic mass is 10.1. The minimum Gasteiger partial charge on any atom is -0.490 e. The average molecular weight is 328 g/mol. The maximum Gasteiger partial charge on any atom is 0.228 e. The number of nitrogens with one attached hydrogen (secondary N) is 1. The minimum absolute atomic E-state index is 0.0747. The van der Waals surface area contributed by atoms with Crippen LogP contribution in [0, 0.1) is 5.82 Å². The SMILES string of the molecule is CC(=O)N1CCOc2ccc(NC(=O)Cc3ccc(F)cc3)cc21. The fraction of sp³-hybridized carbons (Fsp3) is 0.222. The molecule has 2 aromatic rings. The normalized spacial score (nSPS) is 13.0. The molecule has 124 valence electrons. The van der Waals surface area contributed by atoms with Crippen molar-refractivity contribution in [1.29, 1.82) is 0 Å². The van der Waals surface area contributed by atoms with Crippen molar-refractivity contribution in [2.45, 2.75) is 13.3 Å². The lowest BCUT2D eigenvalue weighted by Gasteiger charge is -2.29. The van der Waals surface area contributed by atoms with Crippen LogP contribution in [0.15, 0.2) is 42.5 Å². The predicted octanol–water partition coefficient (Wildman–Crippen LogP) is 2.75. The topological polar surface area (TPSA) is 58.6 Å². The van der Waals surface area contributed by atoms with Gasteiger partial charge in [-0.05, 0) is 35.9 Å². The summed E-state index contributed by atoms with van der Waals surface area (Å²) in [6.07, 6.45) is 0.143. The van der Waals surface area contributed by atoms with Crippen LogP contribution < -0.4 is 15.0 Å². The molecule has 0 atom stereocenters. The van der Waals surface area contributed by atoms with Crippen molar-refractivity contribution in [3.05, 3.63) is 53.8 Å². The molecular formula is C18H17FN2O3. The first-order valence-corrected chi connectivity index (χ1v) is 7.62. The van der Waals surface area contributed by atoms with E-state index < -0.39 is 0 Å². The first-order valence-electron chi connectivity index (χ1n) is 7.62. The number of carbonyl (C=O) groups is 2. The van der Waals surface area contributed by atoms with Crippen molar-refractivity contribution in [1.82, 2.24) is 0 Å². The molecule has 0 spiro atoms. The molecule has 1 heterocycles. The highest BCUT2D eigenvalue weighted by atomic mass is 19.1. The van der Waals surface area contributed by atoms with Gasteiger partial charge in [-0.3, -0.25) is 9.59 Å². The summed E-state index contributed by atoms with van der Waals surface area (Å²) in [7, 11) is 0. The van der Waals surface area contributed by atoms with Crippen molar-refractivity contribution in [3.63, 3.8) is 0 Å². The van der Waals surface area contributed by atoms with Gasteiger partial charge < -0.3 is 15.0 Å². The van der Waals surface area contributed by atoms with Crippen LogP contribution in [0.2, 0.25) is 0 Å². The molecule has 1 aliphatic heterocycles. The Morgan fingerprint density at radius 3 is 2.67 bits per heavy atom. The summed E-state index contributed by atoms with van der Waals surface area (Å²) in [5, 5.41) is 2.79. The highest BCUT2D eigenvalue weighted by molar-refractivity contribution is 5.97. The number of carbonyl (C=O) groups excluding carboxylic acids is 2. The van der Waals surface area contributed by atoms with Gasteiger partial charge in [-0.2, -0.15) is 0 Å². The zero-order valence-corrected chi connectivity index (χ0v) is 13.2. The molecule has 0 saturated heterocycles. The Hall–Kier alpha value is -2.89. The van der Waals surface area contributed by atoms with E-state index >= 15 is 0 Å². The summed E-state index contributed by atoms with van der Waals surface area (Å²) in [6, 6.07) is 11.0. The number of ether oxygens (including phenoxy) is 1. The Morgan fingerprint density at radius 1 is 1.21 bits per heavy atom. The Labute approximate surface area is 139 Å². The van der Waals surface area contributed by atoms with Crippen LogP contribution in [-0.4, -0.2) is 25.0 Å². The van der Waals surface area contributed by atoms with E-state index in [2.05, 4.69) is 5.32 Å². The molecule has 0 bridgehead atoms. The van der Waals surface area contributed by atoms with E-state index in [9.17, 15) is 14.0 Å². The first kappa shape index (κ1) is 16.0. The van der Waals surface area contributed by atoms with Gasteiger partial charge in [-0.15, -0.1) is 0 Å². The van der Waals surface area contributed by atoms with Crippen LogP contribution in [0.25, 0.3) is 0 Å². The van der Waals surface area contributed by atoms with Gasteiger partial charge in [0, 0.05) is 12.6 Å². The van der Waals surface area contributed by atoms with E-state index in [4.69, 9.17) is 4.74 Å². The van der Waals surface area contributed by atoms with E-state index in [-0.39, 0.29) is 24.1 Å². The maximum absolute atomic E-state index is 12.9. The second kappa shape index (κ2) is 6.70. The number of hydrogen-bond acceptors (Lipinski definition) is 3. The molecule has 2 aromatic carbocycles. The lowest BCUT2D eigenvalue weighted by Crippen LogP contribution is -2.36. The molecule has 0 radical (unpaired) electrons. The molecule has 2 amide bonds. The number of fused-ring (bicyclic) bond motifs is 1. The van der Waals surface area contributed by atoms with E-state index in [0.29, 0.717) is 30.3 Å². The van der Waals surface area contributed by atoms with Gasteiger partial charge in [-0.1, -0.05) is 12.1 Å². The maximum atomic E-state index is 12.9. The van der Waals surface area contributed by atoms with Gasteiger partial charge in [0.25, 0.3) is 0 Å². The fourth-order valence-electron chi connectivity index (χ4n) is 2.62. The third-order valence-corrected chi connectivity index (χ3v) is 3.76. The smallest absolute Gasteiger partial charge is 0.228 e. The summed E-state index contributed by atoms with van der Waals surface area (Å²) >= 11 is 0. The number of amides is 2. The van der Waals surface area contributed by atoms with E-state index in [1.165, 1.54) is 19.1 Å². The van der Waals surface area contributed by atoms with Gasteiger partial charge in [0.05, 0.1) is 18.7 Å². The molecule has 0 fully saturated rings. The molecule has 3 rings (SSSR count). The van der Waals surface area contributed by atoms with Crippen molar-refractivity contribution in [2.75, 3.05) is 23.4 Å². The first-order chi connectivity index (χ1) is 11.5. The second-order valence-electron chi connectivity index (χ2n) is 5.55. The minimum atomic E-state index is -0.335. The highest BCUT2D eigenvalue weighted by Gasteiger charge is 2.21. The summed E-state index contributed by atoms with van der Waals surface area (Å²) in [5.74, 6) is -0.00634. The van der Waals surface area contributed by atoms with Crippen LogP contribution in [0.3, 0.4) is 0 Å². The zero-order valence-electron chi connectivity index (χ0n) is 13.2. The van der Waals surface area contributed by atoms with Crippen molar-refractivity contribution in [2.24, 2.45) is 0 Å². The Morgan fingerprint density at radius 2 is 1.96 bits per heavy atom. The van der Waals surface area contributed by atoms with Crippen molar-refractivity contribution < 1.29 is 18.7 Å². The Balaban J connectivity index is 1.73. The third-order valence-electron chi connectivity index (χ3n) is 3.76. The number of halogens is 1. The van der Waals surface area contributed by atoms with Gasteiger partial charge in [-0.25, -0.2) is 4.39 Å². The summed E-state index contributed by atoms with van der Waals surface area (Å²) < 4.78 is 18.4. The molecule has 0 unspecified atom stereocenters. The second-order valence-corrected chi connectivity index (χ2v) is 5.55. The number of benzene rings is 2. The van der Waals surface area contributed by atoms with Gasteiger partial charge in [0.15, 0.2) is 0 Å². The largest absolute Gasteiger partial charge is 0.490 e. The summed E-state index contributed by atoms with van der Waals surface area (Å²) in [4.78, 5) is 25.5. The fourth-order valence-corrected chi connectivity index (χ4v) is 2.62. The number of rotatable bonds is 3. The molecule has 5 nitrogen and oxygen atoms in total. The standard InChI is InChI=1S/C18H17FN2O3/c1-12(22)21-8-9-24-17-7-6-15(11-16(17)21)20-18(23)10-13-2-4-14(19)5-3-13/h2-7,11H,8-10H2,1H3,(H,20,23). The third kappa shape index (κ3) is 3.53. The molecule has 1 N–H and O–H groups in total. The molecule has 0 aromatic heterocycles. The summed E-state index contributed by atoms with van der Waals surface area (Å²) in [6.45, 7) is 2.42. The molecule has 0 aliphatic carbocycles. The molecule has 1 aliphatic rings. The molecule has 6 heteroatoms. The van der Waals surface area contributed by atoms with Gasteiger partial charge >= 0.3 is 0 Å². The van der Waals surface area contributed by atoms with Crippen LogP contribution in [0.4, 0.5) is 15.8 Å². The van der Waals surface area contributed by atoms with Crippen LogP contribution >= 0.6 is 0 Å². The van der Waals surface area contributed by atoms with E-state index in [1.54, 1.807) is 35.2 Å². The van der Waals surface area contributed by atoms with Crippen molar-refractivity contribution >= 4 is 23.2 Å². The Kier molecular flexibility index (Phi) is 4.46. The zero-order chi connectivity index (χ0) is 17.1. The highest BCUT2D eigenvalue weighted by Crippen LogP contribution is 2.34. The van der Waals surface area contributed by atoms with Crippen LogP contribution in [0.5, 0.6) is 5.75 Å². The predicted molar refractivity (Wildman–Crippen MR) is 88.7 cm³/mol. The molecule has 24 heavy (non-hydrogen) atoms. The average Bonchev–Trinajstić information content (AvgIpc) is 2.56. The van der Waals surface area contributed by atoms with Crippen LogP contribution in [0.1, 0.15) is 12.5 Å². The molecule has 0 saturated carbocycles. The quantitative estimate of drug-likeness (QED) is 0.942. The van der Waals surface area contributed by atoms with Gasteiger partial charge in [0.2, 0.25) is 11.8 Å². The van der Waals surface area contributed by atoms with E-state index in [0.717, 1.165) is 5.56 Å². The monoisotopic (exact) mass is 328 g/mol. The number of nitrogens with zero attached hydrogens (tertiary/aromatic N) is 1. The summed E-state index contributed by atoms with van der Waals surface area (Å²) in [5.41, 5.74) is 1.95. The lowest BCUT2D eigenvalue weighted by molar-refractivity contribution is -0.117. The van der Waals surface area contributed by atoms with E-state index in [1.807, 2.05) is 0 Å². The Bertz CT molecular complexity index is 774. The van der Waals surface area contributed by atoms with Crippen LogP contribution in [-0.2, 0) is 16.0 Å². The molecular weight excluding hydrogens is 311 g/mol. The number of anilines is 2. The number of hydrogen-bond donors (Lipinski definition) is 1.